The number of hydrogen-bond acceptors (Lipinski definition) is 7. The zero-order valence-corrected chi connectivity index (χ0v) is 20.8. The fourth-order valence-corrected chi connectivity index (χ4v) is 5.61. The van der Waals surface area contributed by atoms with Gasteiger partial charge < -0.3 is 14.6 Å². The van der Waals surface area contributed by atoms with E-state index in [0.29, 0.717) is 30.4 Å². The fraction of sp³-hybridized carbons (Fsp3) is 0.348. The molecule has 1 saturated heterocycles. The number of anilines is 1. The Bertz CT molecular complexity index is 1240. The van der Waals surface area contributed by atoms with Crippen LogP contribution in [0.4, 0.5) is 5.95 Å². The van der Waals surface area contributed by atoms with Gasteiger partial charge in [-0.2, -0.15) is 0 Å². The van der Waals surface area contributed by atoms with Crippen LogP contribution in [0.15, 0.2) is 51.6 Å². The summed E-state index contributed by atoms with van der Waals surface area (Å²) in [5.74, 6) is 1.90. The molecule has 10 heteroatoms. The molecule has 1 unspecified atom stereocenters. The monoisotopic (exact) mass is 532 g/mol. The SMILES string of the molecule is Cc1ccc(C(NC(=O)Cc2cnc(N3CCS(=O)(=O)CC3)nc2)c2ccc(C)o2)c(Br)c1. The lowest BCUT2D eigenvalue weighted by atomic mass is 10.0. The number of amides is 1. The average molecular weight is 533 g/mol. The van der Waals surface area contributed by atoms with Crippen LogP contribution in [0.25, 0.3) is 0 Å². The molecule has 3 heterocycles. The highest BCUT2D eigenvalue weighted by atomic mass is 79.9. The van der Waals surface area contributed by atoms with Crippen LogP contribution in [-0.4, -0.2) is 48.9 Å². The molecule has 1 aliphatic rings. The highest BCUT2D eigenvalue weighted by molar-refractivity contribution is 9.10. The van der Waals surface area contributed by atoms with Gasteiger partial charge in [-0.1, -0.05) is 28.1 Å². The summed E-state index contributed by atoms with van der Waals surface area (Å²) in [6.45, 7) is 4.62. The molecule has 0 aliphatic carbocycles. The number of nitrogens with one attached hydrogen (secondary N) is 1. The van der Waals surface area contributed by atoms with Gasteiger partial charge in [-0.3, -0.25) is 4.79 Å². The maximum Gasteiger partial charge on any atom is 0.225 e. The number of carbonyl (C=O) groups is 1. The van der Waals surface area contributed by atoms with Crippen molar-refractivity contribution < 1.29 is 17.6 Å². The molecule has 1 amide bonds. The Labute approximate surface area is 201 Å². The van der Waals surface area contributed by atoms with Gasteiger partial charge in [-0.25, -0.2) is 18.4 Å². The predicted molar refractivity (Wildman–Crippen MR) is 129 cm³/mol. The number of rotatable bonds is 6. The highest BCUT2D eigenvalue weighted by Gasteiger charge is 2.24. The second-order valence-electron chi connectivity index (χ2n) is 8.18. The Hall–Kier alpha value is -2.72. The minimum Gasteiger partial charge on any atom is -0.464 e. The number of halogens is 1. The van der Waals surface area contributed by atoms with Gasteiger partial charge in [-0.15, -0.1) is 0 Å². The van der Waals surface area contributed by atoms with Crippen molar-refractivity contribution in [1.29, 1.82) is 0 Å². The van der Waals surface area contributed by atoms with Gasteiger partial charge in [0.05, 0.1) is 17.9 Å². The Balaban J connectivity index is 1.46. The highest BCUT2D eigenvalue weighted by Crippen LogP contribution is 2.30. The number of aromatic nitrogens is 2. The third-order valence-electron chi connectivity index (χ3n) is 5.50. The molecule has 0 bridgehead atoms. The largest absolute Gasteiger partial charge is 0.464 e. The molecule has 0 radical (unpaired) electrons. The number of furan rings is 1. The van der Waals surface area contributed by atoms with Crippen molar-refractivity contribution >= 4 is 37.6 Å². The van der Waals surface area contributed by atoms with E-state index in [1.54, 1.807) is 12.4 Å². The summed E-state index contributed by atoms with van der Waals surface area (Å²) in [6.07, 6.45) is 3.33. The molecule has 1 aromatic carbocycles. The molecule has 4 rings (SSSR count). The van der Waals surface area contributed by atoms with Gasteiger partial charge in [0, 0.05) is 30.0 Å². The fourth-order valence-electron chi connectivity index (χ4n) is 3.69. The van der Waals surface area contributed by atoms with Crippen molar-refractivity contribution in [2.24, 2.45) is 0 Å². The second kappa shape index (κ2) is 9.64. The van der Waals surface area contributed by atoms with Crippen LogP contribution in [0.1, 0.15) is 34.3 Å². The summed E-state index contributed by atoms with van der Waals surface area (Å²) in [7, 11) is -2.97. The van der Waals surface area contributed by atoms with Crippen molar-refractivity contribution in [2.45, 2.75) is 26.3 Å². The Morgan fingerprint density at radius 2 is 1.85 bits per heavy atom. The molecule has 33 heavy (non-hydrogen) atoms. The zero-order valence-electron chi connectivity index (χ0n) is 18.4. The summed E-state index contributed by atoms with van der Waals surface area (Å²) in [5, 5.41) is 3.06. The topological polar surface area (TPSA) is 105 Å². The Morgan fingerprint density at radius 1 is 1.15 bits per heavy atom. The first-order chi connectivity index (χ1) is 15.7. The van der Waals surface area contributed by atoms with E-state index in [-0.39, 0.29) is 23.8 Å². The van der Waals surface area contributed by atoms with Crippen molar-refractivity contribution in [3.05, 3.63) is 75.4 Å². The van der Waals surface area contributed by atoms with Gasteiger partial charge in [0.15, 0.2) is 9.84 Å². The van der Waals surface area contributed by atoms with Gasteiger partial charge in [0.2, 0.25) is 11.9 Å². The molecule has 1 atom stereocenters. The smallest absolute Gasteiger partial charge is 0.225 e. The minimum atomic E-state index is -2.97. The Morgan fingerprint density at radius 3 is 2.45 bits per heavy atom. The molecular weight excluding hydrogens is 508 g/mol. The summed E-state index contributed by atoms with van der Waals surface area (Å²) < 4.78 is 29.9. The van der Waals surface area contributed by atoms with Crippen LogP contribution in [0, 0.1) is 13.8 Å². The maximum atomic E-state index is 12.9. The molecule has 3 aromatic rings. The number of hydrogen-bond donors (Lipinski definition) is 1. The number of nitrogens with zero attached hydrogens (tertiary/aromatic N) is 3. The van der Waals surface area contributed by atoms with Crippen LogP contribution in [-0.2, 0) is 21.1 Å². The lowest BCUT2D eigenvalue weighted by molar-refractivity contribution is -0.121. The average Bonchev–Trinajstić information content (AvgIpc) is 3.19. The van der Waals surface area contributed by atoms with E-state index in [2.05, 4.69) is 31.2 Å². The number of benzene rings is 1. The zero-order chi connectivity index (χ0) is 23.6. The normalized spacial score (nSPS) is 16.4. The van der Waals surface area contributed by atoms with E-state index in [1.165, 1.54) is 0 Å². The van der Waals surface area contributed by atoms with Gasteiger partial charge in [0.1, 0.15) is 17.6 Å². The lowest BCUT2D eigenvalue weighted by Crippen LogP contribution is -2.41. The maximum absolute atomic E-state index is 12.9. The lowest BCUT2D eigenvalue weighted by Gasteiger charge is -2.26. The molecular formula is C23H25BrN4O4S. The molecule has 1 aliphatic heterocycles. The summed E-state index contributed by atoms with van der Waals surface area (Å²) in [6, 6.07) is 9.25. The molecule has 0 saturated carbocycles. The minimum absolute atomic E-state index is 0.0999. The van der Waals surface area contributed by atoms with E-state index in [9.17, 15) is 13.2 Å². The molecule has 1 N–H and O–H groups in total. The number of aryl methyl sites for hydroxylation is 2. The van der Waals surface area contributed by atoms with Crippen LogP contribution >= 0.6 is 15.9 Å². The van der Waals surface area contributed by atoms with Gasteiger partial charge >= 0.3 is 0 Å². The Kier molecular flexibility index (Phi) is 6.85. The van der Waals surface area contributed by atoms with E-state index >= 15 is 0 Å². The number of carbonyl (C=O) groups excluding carboxylic acids is 1. The van der Waals surface area contributed by atoms with Crippen LogP contribution in [0.5, 0.6) is 0 Å². The van der Waals surface area contributed by atoms with Crippen LogP contribution in [0.2, 0.25) is 0 Å². The van der Waals surface area contributed by atoms with Crippen LogP contribution < -0.4 is 10.2 Å². The number of sulfone groups is 1. The standard InChI is InChI=1S/C23H25BrN4O4S/c1-15-3-5-18(19(24)11-15)22(20-6-4-16(2)32-20)27-21(29)12-17-13-25-23(26-14-17)28-7-9-33(30,31)10-8-28/h3-6,11,13-14,22H,7-10,12H2,1-2H3,(H,27,29). The first-order valence-electron chi connectivity index (χ1n) is 10.6. The summed E-state index contributed by atoms with van der Waals surface area (Å²) in [4.78, 5) is 23.4. The molecule has 174 valence electrons. The molecule has 0 spiro atoms. The predicted octanol–water partition coefficient (Wildman–Crippen LogP) is 3.13. The van der Waals surface area contributed by atoms with E-state index < -0.39 is 15.9 Å². The van der Waals surface area contributed by atoms with Crippen molar-refractivity contribution in [3.63, 3.8) is 0 Å². The molecule has 2 aromatic heterocycles. The summed E-state index contributed by atoms with van der Waals surface area (Å²) in [5.41, 5.74) is 2.67. The van der Waals surface area contributed by atoms with Gasteiger partial charge in [-0.05, 0) is 48.7 Å². The third kappa shape index (κ3) is 5.80. The van der Waals surface area contributed by atoms with Crippen molar-refractivity contribution in [3.8, 4) is 0 Å². The van der Waals surface area contributed by atoms with Crippen LogP contribution in [0.3, 0.4) is 0 Å². The van der Waals surface area contributed by atoms with E-state index in [4.69, 9.17) is 4.42 Å². The summed E-state index contributed by atoms with van der Waals surface area (Å²) >= 11 is 3.61. The van der Waals surface area contributed by atoms with Gasteiger partial charge in [0.25, 0.3) is 0 Å². The van der Waals surface area contributed by atoms with E-state index in [0.717, 1.165) is 21.4 Å². The third-order valence-corrected chi connectivity index (χ3v) is 7.80. The first-order valence-corrected chi connectivity index (χ1v) is 13.2. The second-order valence-corrected chi connectivity index (χ2v) is 11.3. The van der Waals surface area contributed by atoms with Crippen molar-refractivity contribution in [2.75, 3.05) is 29.5 Å². The molecule has 1 fully saturated rings. The van der Waals surface area contributed by atoms with E-state index in [1.807, 2.05) is 49.1 Å². The van der Waals surface area contributed by atoms with Crippen molar-refractivity contribution in [1.82, 2.24) is 15.3 Å². The quantitative estimate of drug-likeness (QED) is 0.519. The molecule has 8 nitrogen and oxygen atoms in total. The first kappa shape index (κ1) is 23.4.